The number of aromatic nitrogens is 2. The van der Waals surface area contributed by atoms with Gasteiger partial charge in [0.25, 0.3) is 5.91 Å². The third kappa shape index (κ3) is 5.72. The van der Waals surface area contributed by atoms with Crippen molar-refractivity contribution >= 4 is 28.3 Å². The van der Waals surface area contributed by atoms with Gasteiger partial charge in [0.15, 0.2) is 0 Å². The molecule has 1 aromatic heterocycles. The van der Waals surface area contributed by atoms with Crippen LogP contribution < -0.4 is 4.90 Å². The van der Waals surface area contributed by atoms with E-state index in [-0.39, 0.29) is 23.7 Å². The van der Waals surface area contributed by atoms with Gasteiger partial charge in [-0.2, -0.15) is 13.2 Å². The first kappa shape index (κ1) is 23.0. The molecule has 0 bridgehead atoms. The van der Waals surface area contributed by atoms with Crippen LogP contribution in [-0.4, -0.2) is 59.8 Å². The van der Waals surface area contributed by atoms with Gasteiger partial charge in [0, 0.05) is 26.2 Å². The van der Waals surface area contributed by atoms with Gasteiger partial charge in [0.1, 0.15) is 0 Å². The van der Waals surface area contributed by atoms with E-state index in [0.29, 0.717) is 24.8 Å². The van der Waals surface area contributed by atoms with Gasteiger partial charge < -0.3 is 14.5 Å². The number of carbonyl (C=O) groups excluding carboxylic acids is 2. The van der Waals surface area contributed by atoms with Gasteiger partial charge in [-0.3, -0.25) is 4.79 Å². The van der Waals surface area contributed by atoms with Crippen molar-refractivity contribution in [2.24, 2.45) is 0 Å². The summed E-state index contributed by atoms with van der Waals surface area (Å²) >= 11 is 1.10. The highest BCUT2D eigenvalue weighted by Crippen LogP contribution is 2.32. The summed E-state index contributed by atoms with van der Waals surface area (Å²) in [6.07, 6.45) is -1.80. The number of carbonyl (C=O) groups is 2. The molecule has 0 unspecified atom stereocenters. The second-order valence-corrected chi connectivity index (χ2v) is 8.01. The van der Waals surface area contributed by atoms with Crippen molar-refractivity contribution in [1.82, 2.24) is 15.1 Å². The fourth-order valence-corrected chi connectivity index (χ4v) is 3.98. The summed E-state index contributed by atoms with van der Waals surface area (Å²) in [5.41, 5.74) is -1.29. The molecule has 168 valence electrons. The van der Waals surface area contributed by atoms with Crippen LogP contribution in [0.3, 0.4) is 0 Å². The first-order valence-corrected chi connectivity index (χ1v) is 10.8. The predicted molar refractivity (Wildman–Crippen MR) is 109 cm³/mol. The van der Waals surface area contributed by atoms with E-state index in [9.17, 15) is 22.8 Å². The standard InChI is InChI=1S/C20H23F3N4O3S/c1-2-3-6-13-30-18(29)16-24-25-19(31-16)27-11-9-26(10-12-27)17(28)14-7-4-5-8-15(14)20(21,22)23/h4-5,7-8H,2-3,6,9-13H2,1H3. The van der Waals surface area contributed by atoms with Crippen LogP contribution >= 0.6 is 11.3 Å². The zero-order valence-corrected chi connectivity index (χ0v) is 17.8. The molecule has 1 aromatic carbocycles. The summed E-state index contributed by atoms with van der Waals surface area (Å²) in [5, 5.41) is 8.57. The highest BCUT2D eigenvalue weighted by molar-refractivity contribution is 7.17. The molecule has 7 nitrogen and oxygen atoms in total. The van der Waals surface area contributed by atoms with Gasteiger partial charge in [0.05, 0.1) is 17.7 Å². The summed E-state index contributed by atoms with van der Waals surface area (Å²) in [6.45, 7) is 3.62. The largest absolute Gasteiger partial charge is 0.460 e. The van der Waals surface area contributed by atoms with E-state index < -0.39 is 23.6 Å². The van der Waals surface area contributed by atoms with Crippen molar-refractivity contribution in [2.45, 2.75) is 32.4 Å². The minimum absolute atomic E-state index is 0.157. The highest BCUT2D eigenvalue weighted by atomic mass is 32.1. The summed E-state index contributed by atoms with van der Waals surface area (Å²) in [7, 11) is 0. The average Bonchev–Trinajstić information content (AvgIpc) is 3.26. The van der Waals surface area contributed by atoms with Crippen LogP contribution in [0.2, 0.25) is 0 Å². The van der Waals surface area contributed by atoms with E-state index >= 15 is 0 Å². The molecule has 2 aromatic rings. The monoisotopic (exact) mass is 456 g/mol. The molecule has 1 aliphatic rings. The van der Waals surface area contributed by atoms with Crippen molar-refractivity contribution in [3.63, 3.8) is 0 Å². The quantitative estimate of drug-likeness (QED) is 0.465. The van der Waals surface area contributed by atoms with Gasteiger partial charge in [0.2, 0.25) is 10.1 Å². The fraction of sp³-hybridized carbons (Fsp3) is 0.500. The van der Waals surface area contributed by atoms with Crippen molar-refractivity contribution in [3.8, 4) is 0 Å². The number of hydrogen-bond donors (Lipinski definition) is 0. The number of unbranched alkanes of at least 4 members (excludes halogenated alkanes) is 2. The second kappa shape index (κ2) is 10.1. The predicted octanol–water partition coefficient (Wildman–Crippen LogP) is 3.87. The van der Waals surface area contributed by atoms with Gasteiger partial charge in [-0.25, -0.2) is 4.79 Å². The molecule has 0 saturated carbocycles. The average molecular weight is 456 g/mol. The first-order chi connectivity index (χ1) is 14.8. The molecule has 0 spiro atoms. The number of piperazine rings is 1. The Morgan fingerprint density at radius 3 is 2.48 bits per heavy atom. The molecule has 11 heteroatoms. The summed E-state index contributed by atoms with van der Waals surface area (Å²) in [6, 6.07) is 4.79. The smallest absolute Gasteiger partial charge is 0.417 e. The Morgan fingerprint density at radius 1 is 1.10 bits per heavy atom. The maximum absolute atomic E-state index is 13.2. The molecule has 0 radical (unpaired) electrons. The second-order valence-electron chi connectivity index (χ2n) is 7.06. The number of esters is 1. The molecular formula is C20H23F3N4O3S. The number of halogens is 3. The molecule has 1 amide bonds. The number of anilines is 1. The van der Waals surface area contributed by atoms with Crippen molar-refractivity contribution in [2.75, 3.05) is 37.7 Å². The van der Waals surface area contributed by atoms with E-state index in [4.69, 9.17) is 4.74 Å². The molecule has 0 aliphatic carbocycles. The third-order valence-corrected chi connectivity index (χ3v) is 5.83. The van der Waals surface area contributed by atoms with E-state index in [1.54, 1.807) is 0 Å². The zero-order valence-electron chi connectivity index (χ0n) is 17.0. The molecular weight excluding hydrogens is 433 g/mol. The SMILES string of the molecule is CCCCCOC(=O)c1nnc(N2CCN(C(=O)c3ccccc3C(F)(F)F)CC2)s1. The van der Waals surface area contributed by atoms with E-state index in [1.807, 2.05) is 4.90 Å². The normalized spacial score (nSPS) is 14.6. The van der Waals surface area contributed by atoms with Gasteiger partial charge >= 0.3 is 12.1 Å². The van der Waals surface area contributed by atoms with Gasteiger partial charge in [-0.15, -0.1) is 10.2 Å². The lowest BCUT2D eigenvalue weighted by Gasteiger charge is -2.34. The molecule has 0 N–H and O–H groups in total. The molecule has 31 heavy (non-hydrogen) atoms. The van der Waals surface area contributed by atoms with Crippen LogP contribution in [0, 0.1) is 0 Å². The number of benzene rings is 1. The van der Waals surface area contributed by atoms with Crippen LogP contribution in [-0.2, 0) is 10.9 Å². The Hall–Kier alpha value is -2.69. The highest BCUT2D eigenvalue weighted by Gasteiger charge is 2.36. The minimum atomic E-state index is -4.60. The number of hydrogen-bond acceptors (Lipinski definition) is 7. The van der Waals surface area contributed by atoms with Crippen LogP contribution in [0.25, 0.3) is 0 Å². The van der Waals surface area contributed by atoms with Crippen molar-refractivity contribution in [1.29, 1.82) is 0 Å². The first-order valence-electron chi connectivity index (χ1n) is 10.0. The lowest BCUT2D eigenvalue weighted by molar-refractivity contribution is -0.138. The Kier molecular flexibility index (Phi) is 7.47. The third-order valence-electron chi connectivity index (χ3n) is 4.87. The summed E-state index contributed by atoms with van der Waals surface area (Å²) < 4.78 is 44.8. The maximum Gasteiger partial charge on any atom is 0.417 e. The topological polar surface area (TPSA) is 75.6 Å². The van der Waals surface area contributed by atoms with Crippen LogP contribution in [0.5, 0.6) is 0 Å². The molecule has 0 atom stereocenters. The van der Waals surface area contributed by atoms with Crippen LogP contribution in [0.1, 0.15) is 51.9 Å². The maximum atomic E-state index is 13.2. The molecule has 2 heterocycles. The van der Waals surface area contributed by atoms with Crippen LogP contribution in [0.15, 0.2) is 24.3 Å². The van der Waals surface area contributed by atoms with E-state index in [2.05, 4.69) is 17.1 Å². The summed E-state index contributed by atoms with van der Waals surface area (Å²) in [4.78, 5) is 28.0. The number of rotatable bonds is 7. The molecule has 3 rings (SSSR count). The van der Waals surface area contributed by atoms with Crippen LogP contribution in [0.4, 0.5) is 18.3 Å². The lowest BCUT2D eigenvalue weighted by Crippen LogP contribution is -2.49. The number of alkyl halides is 3. The number of amides is 1. The van der Waals surface area contributed by atoms with Gasteiger partial charge in [-0.1, -0.05) is 43.2 Å². The minimum Gasteiger partial charge on any atom is -0.460 e. The Morgan fingerprint density at radius 2 is 1.81 bits per heavy atom. The summed E-state index contributed by atoms with van der Waals surface area (Å²) in [5.74, 6) is -1.17. The number of ether oxygens (including phenoxy) is 1. The Balaban J connectivity index is 1.58. The van der Waals surface area contributed by atoms with E-state index in [1.165, 1.54) is 23.1 Å². The molecule has 1 fully saturated rings. The Bertz CT molecular complexity index is 911. The fourth-order valence-electron chi connectivity index (χ4n) is 3.19. The van der Waals surface area contributed by atoms with E-state index in [0.717, 1.165) is 36.7 Å². The lowest BCUT2D eigenvalue weighted by atomic mass is 10.1. The number of nitrogens with zero attached hydrogens (tertiary/aromatic N) is 4. The van der Waals surface area contributed by atoms with Crippen molar-refractivity contribution in [3.05, 3.63) is 40.4 Å². The molecule has 1 saturated heterocycles. The zero-order chi connectivity index (χ0) is 22.4. The Labute approximate surface area is 181 Å². The van der Waals surface area contributed by atoms with Gasteiger partial charge in [-0.05, 0) is 18.6 Å². The van der Waals surface area contributed by atoms with Crippen molar-refractivity contribution < 1.29 is 27.5 Å². The molecule has 1 aliphatic heterocycles.